The van der Waals surface area contributed by atoms with Crippen molar-refractivity contribution in [3.05, 3.63) is 66.0 Å². The average Bonchev–Trinajstić information content (AvgIpc) is 3.20. The molecule has 2 heterocycles. The number of rotatable bonds is 10. The fraction of sp³-hybridized carbons (Fsp3) is 0.391. The second-order valence-corrected chi connectivity index (χ2v) is 8.52. The van der Waals surface area contributed by atoms with Gasteiger partial charge in [0.05, 0.1) is 12.6 Å². The van der Waals surface area contributed by atoms with E-state index in [1.54, 1.807) is 12.4 Å². The van der Waals surface area contributed by atoms with E-state index in [1.165, 1.54) is 11.8 Å². The molecular formula is C23H30N6O2S. The number of aromatic nitrogens is 1. The Labute approximate surface area is 193 Å². The zero-order valence-corrected chi connectivity index (χ0v) is 19.5. The van der Waals surface area contributed by atoms with Gasteiger partial charge in [-0.05, 0) is 31.0 Å². The maximum Gasteiger partial charge on any atom is 0.236 e. The number of amidine groups is 1. The Balaban J connectivity index is 1.50. The second-order valence-electron chi connectivity index (χ2n) is 7.39. The van der Waals surface area contributed by atoms with E-state index in [2.05, 4.69) is 20.7 Å². The molecule has 0 radical (unpaired) electrons. The quantitative estimate of drug-likeness (QED) is 0.248. The summed E-state index contributed by atoms with van der Waals surface area (Å²) >= 11 is 1.43. The summed E-state index contributed by atoms with van der Waals surface area (Å²) in [7, 11) is 1.89. The minimum Gasteiger partial charge on any atom is -0.360 e. The van der Waals surface area contributed by atoms with Gasteiger partial charge in [0.1, 0.15) is 17.0 Å². The molecule has 1 amide bonds. The molecule has 0 bridgehead atoms. The Morgan fingerprint density at radius 2 is 2.00 bits per heavy atom. The van der Waals surface area contributed by atoms with Crippen LogP contribution in [0.3, 0.4) is 0 Å². The molecule has 32 heavy (non-hydrogen) atoms. The minimum absolute atomic E-state index is 0.0412. The van der Waals surface area contributed by atoms with Crippen molar-refractivity contribution in [2.24, 2.45) is 9.98 Å². The number of carbonyl (C=O) groups is 1. The molecule has 8 nitrogen and oxygen atoms in total. The summed E-state index contributed by atoms with van der Waals surface area (Å²) in [4.78, 5) is 26.1. The van der Waals surface area contributed by atoms with Gasteiger partial charge in [0.2, 0.25) is 5.91 Å². The van der Waals surface area contributed by atoms with Gasteiger partial charge in [-0.2, -0.15) is 5.01 Å². The summed E-state index contributed by atoms with van der Waals surface area (Å²) in [5.74, 6) is 0.609. The third kappa shape index (κ3) is 7.15. The van der Waals surface area contributed by atoms with Gasteiger partial charge in [0, 0.05) is 32.5 Å². The highest BCUT2D eigenvalue weighted by Gasteiger charge is 2.34. The number of nitrogens with zero attached hydrogens (tertiary/aromatic N) is 4. The molecule has 2 atom stereocenters. The number of hydrogen-bond acceptors (Lipinski definition) is 7. The van der Waals surface area contributed by atoms with Crippen molar-refractivity contribution < 1.29 is 9.53 Å². The predicted molar refractivity (Wildman–Crippen MR) is 129 cm³/mol. The Morgan fingerprint density at radius 3 is 2.72 bits per heavy atom. The number of carbonyl (C=O) groups excluding carboxylic acids is 1. The lowest BCUT2D eigenvalue weighted by molar-refractivity contribution is -0.120. The summed E-state index contributed by atoms with van der Waals surface area (Å²) < 4.78 is 5.77. The first-order valence-corrected chi connectivity index (χ1v) is 11.5. The molecule has 0 saturated carbocycles. The fourth-order valence-electron chi connectivity index (χ4n) is 3.08. The monoisotopic (exact) mass is 454 g/mol. The van der Waals surface area contributed by atoms with Crippen molar-refractivity contribution in [2.45, 2.75) is 38.3 Å². The van der Waals surface area contributed by atoms with E-state index < -0.39 is 0 Å². The number of thioether (sulfide) groups is 1. The SMILES string of the molecule is CCN=C(NN(C)COCc1ccccc1)C1=NC(C)C(C(=O)NCc2cccnc2)S1. The molecule has 0 fully saturated rings. The highest BCUT2D eigenvalue weighted by atomic mass is 32.2. The Bertz CT molecular complexity index is 923. The van der Waals surface area contributed by atoms with Gasteiger partial charge >= 0.3 is 0 Å². The summed E-state index contributed by atoms with van der Waals surface area (Å²) in [6, 6.07) is 13.7. The number of nitrogens with one attached hydrogen (secondary N) is 2. The third-order valence-electron chi connectivity index (χ3n) is 4.66. The van der Waals surface area contributed by atoms with Crippen molar-refractivity contribution in [2.75, 3.05) is 20.3 Å². The van der Waals surface area contributed by atoms with E-state index in [0.717, 1.165) is 16.2 Å². The van der Waals surface area contributed by atoms with E-state index >= 15 is 0 Å². The number of amides is 1. The number of hydrazine groups is 1. The van der Waals surface area contributed by atoms with Crippen molar-refractivity contribution in [1.82, 2.24) is 20.7 Å². The van der Waals surface area contributed by atoms with Crippen LogP contribution < -0.4 is 10.7 Å². The van der Waals surface area contributed by atoms with Gasteiger partial charge in [-0.3, -0.25) is 25.2 Å². The van der Waals surface area contributed by atoms with E-state index in [9.17, 15) is 4.79 Å². The van der Waals surface area contributed by atoms with Gasteiger partial charge in [-0.15, -0.1) is 0 Å². The lowest BCUT2D eigenvalue weighted by atomic mass is 10.2. The van der Waals surface area contributed by atoms with Crippen molar-refractivity contribution in [1.29, 1.82) is 0 Å². The highest BCUT2D eigenvalue weighted by molar-refractivity contribution is 8.17. The van der Waals surface area contributed by atoms with E-state index in [1.807, 2.05) is 68.4 Å². The first-order valence-electron chi connectivity index (χ1n) is 10.6. The standard InChI is InChI=1S/C23H30N6O2S/c1-4-25-21(28-29(3)16-31-15-18-9-6-5-7-10-18)23-27-17(2)20(32-23)22(30)26-14-19-11-8-12-24-13-19/h5-13,17,20H,4,14-16H2,1-3H3,(H,25,28)(H,26,30). The van der Waals surface area contributed by atoms with Crippen LogP contribution in [0.1, 0.15) is 25.0 Å². The van der Waals surface area contributed by atoms with Gasteiger partial charge < -0.3 is 10.1 Å². The summed E-state index contributed by atoms with van der Waals surface area (Å²) in [6.07, 6.45) is 3.46. The lowest BCUT2D eigenvalue weighted by Crippen LogP contribution is -2.43. The van der Waals surface area contributed by atoms with Gasteiger partial charge in [-0.25, -0.2) is 0 Å². The third-order valence-corrected chi connectivity index (χ3v) is 6.04. The van der Waals surface area contributed by atoms with Gasteiger partial charge in [0.15, 0.2) is 5.84 Å². The number of ether oxygens (including phenoxy) is 1. The molecule has 0 spiro atoms. The smallest absolute Gasteiger partial charge is 0.236 e. The van der Waals surface area contributed by atoms with E-state index in [4.69, 9.17) is 9.73 Å². The maximum atomic E-state index is 12.7. The Morgan fingerprint density at radius 1 is 1.22 bits per heavy atom. The van der Waals surface area contributed by atoms with Crippen LogP contribution in [0.15, 0.2) is 64.8 Å². The first-order chi connectivity index (χ1) is 15.6. The highest BCUT2D eigenvalue weighted by Crippen LogP contribution is 2.27. The molecule has 2 N–H and O–H groups in total. The molecule has 1 aliphatic rings. The summed E-state index contributed by atoms with van der Waals surface area (Å²) in [6.45, 7) is 5.87. The van der Waals surface area contributed by atoms with Crippen LogP contribution in [0.5, 0.6) is 0 Å². The fourth-order valence-corrected chi connectivity index (χ4v) is 4.22. The number of aliphatic imine (C=N–C) groups is 2. The largest absolute Gasteiger partial charge is 0.360 e. The molecule has 2 unspecified atom stereocenters. The zero-order chi connectivity index (χ0) is 22.8. The molecule has 1 aromatic heterocycles. The topological polar surface area (TPSA) is 91.2 Å². The molecule has 1 aliphatic heterocycles. The Hall–Kier alpha value is -2.75. The predicted octanol–water partition coefficient (Wildman–Crippen LogP) is 2.63. The molecule has 1 aromatic carbocycles. The van der Waals surface area contributed by atoms with Crippen LogP contribution in [-0.4, -0.2) is 58.4 Å². The van der Waals surface area contributed by atoms with Crippen LogP contribution in [0.4, 0.5) is 0 Å². The molecule has 0 saturated heterocycles. The first kappa shape index (κ1) is 23.9. The zero-order valence-electron chi connectivity index (χ0n) is 18.7. The van der Waals surface area contributed by atoms with Crippen LogP contribution in [0.25, 0.3) is 0 Å². The molecule has 2 aromatic rings. The normalized spacial score (nSPS) is 18.5. The van der Waals surface area contributed by atoms with E-state index in [-0.39, 0.29) is 17.2 Å². The average molecular weight is 455 g/mol. The van der Waals surface area contributed by atoms with Crippen molar-refractivity contribution in [3.8, 4) is 0 Å². The molecular weight excluding hydrogens is 424 g/mol. The van der Waals surface area contributed by atoms with Crippen LogP contribution in [0.2, 0.25) is 0 Å². The van der Waals surface area contributed by atoms with Crippen molar-refractivity contribution in [3.63, 3.8) is 0 Å². The maximum absolute atomic E-state index is 12.7. The number of benzene rings is 1. The molecule has 0 aliphatic carbocycles. The summed E-state index contributed by atoms with van der Waals surface area (Å²) in [5, 5.41) is 5.24. The molecule has 3 rings (SSSR count). The lowest BCUT2D eigenvalue weighted by Gasteiger charge is -2.20. The van der Waals surface area contributed by atoms with Crippen LogP contribution in [0, 0.1) is 0 Å². The van der Waals surface area contributed by atoms with Crippen LogP contribution >= 0.6 is 11.8 Å². The number of hydrogen-bond donors (Lipinski definition) is 2. The van der Waals surface area contributed by atoms with Crippen molar-refractivity contribution >= 4 is 28.5 Å². The van der Waals surface area contributed by atoms with Gasteiger partial charge in [0.25, 0.3) is 0 Å². The molecule has 170 valence electrons. The second kappa shape index (κ2) is 12.3. The minimum atomic E-state index is -0.301. The molecule has 9 heteroatoms. The Kier molecular flexibility index (Phi) is 9.21. The number of pyridine rings is 1. The summed E-state index contributed by atoms with van der Waals surface area (Å²) in [5.41, 5.74) is 5.33. The van der Waals surface area contributed by atoms with Gasteiger partial charge in [-0.1, -0.05) is 48.2 Å². The van der Waals surface area contributed by atoms with E-state index in [0.29, 0.717) is 32.3 Å². The van der Waals surface area contributed by atoms with Crippen LogP contribution in [-0.2, 0) is 22.7 Å².